The molecule has 0 atom stereocenters. The van der Waals surface area contributed by atoms with Crippen LogP contribution in [0.2, 0.25) is 0 Å². The molecule has 0 aliphatic heterocycles. The minimum atomic E-state index is 0.107. The Morgan fingerprint density at radius 2 is 2.00 bits per heavy atom. The summed E-state index contributed by atoms with van der Waals surface area (Å²) in [5.74, 6) is 1.01. The Kier molecular flexibility index (Phi) is 3.79. The zero-order valence-corrected chi connectivity index (χ0v) is 12.1. The molecule has 0 amide bonds. The van der Waals surface area contributed by atoms with Crippen molar-refractivity contribution in [3.63, 3.8) is 0 Å². The second kappa shape index (κ2) is 4.99. The van der Waals surface area contributed by atoms with Gasteiger partial charge in [-0.1, -0.05) is 34.8 Å². The van der Waals surface area contributed by atoms with Gasteiger partial charge in [-0.05, 0) is 31.4 Å². The summed E-state index contributed by atoms with van der Waals surface area (Å²) in [4.78, 5) is 0. The smallest absolute Gasteiger partial charge is 0.126 e. The Labute approximate surface area is 112 Å². The standard InChI is InChI=1S/C14H20BrNO/c1-10-5-6-11(15)12(13(10)17-2)14(9-16)7-3-4-8-14/h5-6H,3-4,7-9,16H2,1-2H3. The molecule has 0 bridgehead atoms. The lowest BCUT2D eigenvalue weighted by molar-refractivity contribution is 0.374. The quantitative estimate of drug-likeness (QED) is 0.926. The topological polar surface area (TPSA) is 35.2 Å². The highest BCUT2D eigenvalue weighted by Crippen LogP contribution is 2.48. The van der Waals surface area contributed by atoms with E-state index in [9.17, 15) is 0 Å². The van der Waals surface area contributed by atoms with Gasteiger partial charge in [0.1, 0.15) is 5.75 Å². The van der Waals surface area contributed by atoms with E-state index in [-0.39, 0.29) is 5.41 Å². The van der Waals surface area contributed by atoms with Gasteiger partial charge in [0.2, 0.25) is 0 Å². The van der Waals surface area contributed by atoms with Gasteiger partial charge in [-0.3, -0.25) is 0 Å². The van der Waals surface area contributed by atoms with Gasteiger partial charge in [-0.2, -0.15) is 0 Å². The molecule has 0 aromatic heterocycles. The van der Waals surface area contributed by atoms with Crippen LogP contribution < -0.4 is 10.5 Å². The molecule has 94 valence electrons. The van der Waals surface area contributed by atoms with Crippen LogP contribution in [0.15, 0.2) is 16.6 Å². The predicted molar refractivity (Wildman–Crippen MR) is 74.6 cm³/mol. The summed E-state index contributed by atoms with van der Waals surface area (Å²) < 4.78 is 6.74. The zero-order chi connectivity index (χ0) is 12.5. The summed E-state index contributed by atoms with van der Waals surface area (Å²) in [5, 5.41) is 0. The van der Waals surface area contributed by atoms with Crippen LogP contribution in [0.3, 0.4) is 0 Å². The summed E-state index contributed by atoms with van der Waals surface area (Å²) in [6.07, 6.45) is 4.87. The normalized spacial score (nSPS) is 18.4. The average molecular weight is 298 g/mol. The van der Waals surface area contributed by atoms with Crippen molar-refractivity contribution in [3.8, 4) is 5.75 Å². The van der Waals surface area contributed by atoms with Crippen LogP contribution in [0.4, 0.5) is 0 Å². The van der Waals surface area contributed by atoms with Gasteiger partial charge in [0.05, 0.1) is 7.11 Å². The Hall–Kier alpha value is -0.540. The first-order valence-corrected chi connectivity index (χ1v) is 6.97. The molecular weight excluding hydrogens is 278 g/mol. The number of rotatable bonds is 3. The number of halogens is 1. The van der Waals surface area contributed by atoms with E-state index in [1.54, 1.807) is 7.11 Å². The number of benzene rings is 1. The van der Waals surface area contributed by atoms with Crippen molar-refractivity contribution in [2.75, 3.05) is 13.7 Å². The molecule has 0 unspecified atom stereocenters. The SMILES string of the molecule is COc1c(C)ccc(Br)c1C1(CN)CCCC1. The van der Waals surface area contributed by atoms with E-state index in [1.807, 2.05) is 0 Å². The lowest BCUT2D eigenvalue weighted by atomic mass is 9.78. The number of aryl methyl sites for hydroxylation is 1. The molecule has 1 fully saturated rings. The number of hydrogen-bond acceptors (Lipinski definition) is 2. The summed E-state index contributed by atoms with van der Waals surface area (Å²) in [6, 6.07) is 4.20. The third-order valence-electron chi connectivity index (χ3n) is 3.99. The maximum atomic E-state index is 6.07. The maximum absolute atomic E-state index is 6.07. The molecule has 2 N–H and O–H groups in total. The van der Waals surface area contributed by atoms with E-state index in [2.05, 4.69) is 35.0 Å². The molecule has 1 aromatic rings. The van der Waals surface area contributed by atoms with Gasteiger partial charge < -0.3 is 10.5 Å². The first kappa shape index (κ1) is 12.9. The van der Waals surface area contributed by atoms with E-state index in [0.717, 1.165) is 10.2 Å². The van der Waals surface area contributed by atoms with Gasteiger partial charge in [-0.25, -0.2) is 0 Å². The Balaban J connectivity index is 2.60. The van der Waals surface area contributed by atoms with Crippen LogP contribution in [0.25, 0.3) is 0 Å². The largest absolute Gasteiger partial charge is 0.496 e. The second-order valence-corrected chi connectivity index (χ2v) is 5.82. The summed E-state index contributed by atoms with van der Waals surface area (Å²) in [5.41, 5.74) is 8.64. The maximum Gasteiger partial charge on any atom is 0.126 e. The fraction of sp³-hybridized carbons (Fsp3) is 0.571. The Morgan fingerprint density at radius 1 is 1.35 bits per heavy atom. The van der Waals surface area contributed by atoms with Crippen molar-refractivity contribution in [1.82, 2.24) is 0 Å². The molecule has 0 heterocycles. The highest BCUT2D eigenvalue weighted by Gasteiger charge is 2.38. The molecule has 0 spiro atoms. The Morgan fingerprint density at radius 3 is 2.53 bits per heavy atom. The highest BCUT2D eigenvalue weighted by atomic mass is 79.9. The molecule has 3 heteroatoms. The highest BCUT2D eigenvalue weighted by molar-refractivity contribution is 9.10. The third-order valence-corrected chi connectivity index (χ3v) is 4.65. The minimum absolute atomic E-state index is 0.107. The van der Waals surface area contributed by atoms with Crippen LogP contribution in [0.5, 0.6) is 5.75 Å². The van der Waals surface area contributed by atoms with Crippen LogP contribution >= 0.6 is 15.9 Å². The van der Waals surface area contributed by atoms with Crippen LogP contribution in [-0.4, -0.2) is 13.7 Å². The summed E-state index contributed by atoms with van der Waals surface area (Å²) in [6.45, 7) is 2.79. The first-order valence-electron chi connectivity index (χ1n) is 6.18. The second-order valence-electron chi connectivity index (χ2n) is 4.96. The predicted octanol–water partition coefficient (Wildman–Crippen LogP) is 3.54. The van der Waals surface area contributed by atoms with E-state index in [1.165, 1.54) is 36.8 Å². The molecule has 1 aliphatic carbocycles. The molecule has 2 nitrogen and oxygen atoms in total. The third kappa shape index (κ3) is 2.11. The van der Waals surface area contributed by atoms with E-state index >= 15 is 0 Å². The summed E-state index contributed by atoms with van der Waals surface area (Å²) >= 11 is 3.67. The fourth-order valence-corrected chi connectivity index (χ4v) is 3.76. The van der Waals surface area contributed by atoms with Crippen LogP contribution in [0.1, 0.15) is 36.8 Å². The van der Waals surface area contributed by atoms with Crippen LogP contribution in [0, 0.1) is 6.92 Å². The van der Waals surface area contributed by atoms with Gasteiger partial charge in [0.15, 0.2) is 0 Å². The molecule has 2 rings (SSSR count). The fourth-order valence-electron chi connectivity index (χ4n) is 3.03. The summed E-state index contributed by atoms with van der Waals surface area (Å²) in [7, 11) is 1.75. The minimum Gasteiger partial charge on any atom is -0.496 e. The van der Waals surface area contributed by atoms with Crippen molar-refractivity contribution in [2.24, 2.45) is 5.73 Å². The number of ether oxygens (including phenoxy) is 1. The number of hydrogen-bond donors (Lipinski definition) is 1. The van der Waals surface area contributed by atoms with Gasteiger partial charge >= 0.3 is 0 Å². The van der Waals surface area contributed by atoms with E-state index < -0.39 is 0 Å². The first-order chi connectivity index (χ1) is 8.14. The van der Waals surface area contributed by atoms with Gasteiger partial charge in [-0.15, -0.1) is 0 Å². The molecule has 1 aliphatic rings. The lowest BCUT2D eigenvalue weighted by Crippen LogP contribution is -2.33. The van der Waals surface area contributed by atoms with Crippen molar-refractivity contribution in [3.05, 3.63) is 27.7 Å². The van der Waals surface area contributed by atoms with Crippen molar-refractivity contribution in [1.29, 1.82) is 0 Å². The average Bonchev–Trinajstić information content (AvgIpc) is 2.81. The van der Waals surface area contributed by atoms with E-state index in [0.29, 0.717) is 6.54 Å². The molecule has 1 aromatic carbocycles. The molecule has 0 saturated heterocycles. The van der Waals surface area contributed by atoms with Crippen LogP contribution in [-0.2, 0) is 5.41 Å². The number of nitrogens with two attached hydrogens (primary N) is 1. The zero-order valence-electron chi connectivity index (χ0n) is 10.6. The molecule has 0 radical (unpaired) electrons. The van der Waals surface area contributed by atoms with Gasteiger partial charge in [0.25, 0.3) is 0 Å². The molecule has 1 saturated carbocycles. The molecular formula is C14H20BrNO. The Bertz CT molecular complexity index is 411. The monoisotopic (exact) mass is 297 g/mol. The van der Waals surface area contributed by atoms with E-state index in [4.69, 9.17) is 10.5 Å². The van der Waals surface area contributed by atoms with Crippen molar-refractivity contribution < 1.29 is 4.74 Å². The lowest BCUT2D eigenvalue weighted by Gasteiger charge is -2.31. The number of methoxy groups -OCH3 is 1. The van der Waals surface area contributed by atoms with Crippen molar-refractivity contribution in [2.45, 2.75) is 38.0 Å². The van der Waals surface area contributed by atoms with Gasteiger partial charge in [0, 0.05) is 22.0 Å². The van der Waals surface area contributed by atoms with Crippen molar-refractivity contribution >= 4 is 15.9 Å². The molecule has 17 heavy (non-hydrogen) atoms.